The molecule has 0 amide bonds. The van der Waals surface area contributed by atoms with Crippen LogP contribution in [-0.2, 0) is 17.8 Å². The molecule has 2 aromatic rings. The molecule has 0 saturated heterocycles. The lowest BCUT2D eigenvalue weighted by Crippen LogP contribution is -2.34. The highest BCUT2D eigenvalue weighted by Gasteiger charge is 2.13. The molecule has 0 bridgehead atoms. The molecule has 0 radical (unpaired) electrons. The van der Waals surface area contributed by atoms with Crippen LogP contribution in [0.15, 0.2) is 73.3 Å². The van der Waals surface area contributed by atoms with Gasteiger partial charge in [0.05, 0.1) is 19.3 Å². The van der Waals surface area contributed by atoms with Gasteiger partial charge in [-0.05, 0) is 11.1 Å². The highest BCUT2D eigenvalue weighted by molar-refractivity contribution is 5.17. The Hall–Kier alpha value is -1.94. The van der Waals surface area contributed by atoms with Crippen molar-refractivity contribution < 1.29 is 9.84 Å². The molecule has 0 fully saturated rings. The van der Waals surface area contributed by atoms with Gasteiger partial charge in [0, 0.05) is 19.6 Å². The van der Waals surface area contributed by atoms with E-state index in [4.69, 9.17) is 4.74 Å². The molecule has 3 nitrogen and oxygen atoms in total. The van der Waals surface area contributed by atoms with Gasteiger partial charge in [-0.25, -0.2) is 0 Å². The van der Waals surface area contributed by atoms with Crippen LogP contribution < -0.4 is 0 Å². The van der Waals surface area contributed by atoms with Crippen molar-refractivity contribution in [1.29, 1.82) is 0 Å². The molecule has 0 aliphatic carbocycles. The molecule has 1 N–H and O–H groups in total. The third-order valence-electron chi connectivity index (χ3n) is 3.51. The quantitative estimate of drug-likeness (QED) is 0.540. The third-order valence-corrected chi connectivity index (χ3v) is 3.51. The Kier molecular flexibility index (Phi) is 7.54. The van der Waals surface area contributed by atoms with Crippen LogP contribution >= 0.6 is 0 Å². The van der Waals surface area contributed by atoms with Crippen molar-refractivity contribution in [3.63, 3.8) is 0 Å². The standard InChI is InChI=1S/C20H25NO2/c1-2-13-23-17-20(22)16-21(14-18-9-5-3-6-10-18)15-19-11-7-4-8-12-19/h2-12,20,22H,1,13-17H2/t20-/m1/s1. The number of benzene rings is 2. The number of aliphatic hydroxyl groups is 1. The Morgan fingerprint density at radius 3 is 1.96 bits per heavy atom. The first-order valence-electron chi connectivity index (χ1n) is 7.95. The third kappa shape index (κ3) is 6.78. The lowest BCUT2D eigenvalue weighted by molar-refractivity contribution is 0.0228. The van der Waals surface area contributed by atoms with Crippen molar-refractivity contribution in [2.45, 2.75) is 19.2 Å². The van der Waals surface area contributed by atoms with Gasteiger partial charge in [-0.15, -0.1) is 6.58 Å². The average molecular weight is 311 g/mol. The summed E-state index contributed by atoms with van der Waals surface area (Å²) in [4.78, 5) is 2.24. The summed E-state index contributed by atoms with van der Waals surface area (Å²) >= 11 is 0. The molecule has 0 aliphatic heterocycles. The summed E-state index contributed by atoms with van der Waals surface area (Å²) in [6.07, 6.45) is 1.18. The van der Waals surface area contributed by atoms with Gasteiger partial charge in [0.25, 0.3) is 0 Å². The number of ether oxygens (including phenoxy) is 1. The summed E-state index contributed by atoms with van der Waals surface area (Å²) in [6, 6.07) is 20.6. The van der Waals surface area contributed by atoms with Crippen molar-refractivity contribution in [3.8, 4) is 0 Å². The van der Waals surface area contributed by atoms with Crippen molar-refractivity contribution in [2.75, 3.05) is 19.8 Å². The Morgan fingerprint density at radius 2 is 1.48 bits per heavy atom. The molecule has 0 unspecified atom stereocenters. The van der Waals surface area contributed by atoms with E-state index in [0.717, 1.165) is 13.1 Å². The zero-order valence-corrected chi connectivity index (χ0v) is 13.5. The minimum atomic E-state index is -0.512. The highest BCUT2D eigenvalue weighted by atomic mass is 16.5. The maximum atomic E-state index is 10.2. The maximum Gasteiger partial charge on any atom is 0.0900 e. The fourth-order valence-electron chi connectivity index (χ4n) is 2.51. The van der Waals surface area contributed by atoms with Gasteiger partial charge in [0.2, 0.25) is 0 Å². The van der Waals surface area contributed by atoms with E-state index in [1.54, 1.807) is 6.08 Å². The van der Waals surface area contributed by atoms with Gasteiger partial charge in [-0.1, -0.05) is 66.7 Å². The van der Waals surface area contributed by atoms with Gasteiger partial charge in [0.15, 0.2) is 0 Å². The number of aliphatic hydroxyl groups excluding tert-OH is 1. The first kappa shape index (κ1) is 17.4. The van der Waals surface area contributed by atoms with Crippen molar-refractivity contribution in [1.82, 2.24) is 4.90 Å². The Bertz CT molecular complexity index is 515. The van der Waals surface area contributed by atoms with Crippen LogP contribution in [0.2, 0.25) is 0 Å². The van der Waals surface area contributed by atoms with Gasteiger partial charge >= 0.3 is 0 Å². The normalized spacial score (nSPS) is 12.3. The van der Waals surface area contributed by atoms with Crippen LogP contribution in [-0.4, -0.2) is 35.9 Å². The monoisotopic (exact) mass is 311 g/mol. The topological polar surface area (TPSA) is 32.7 Å². The molecule has 0 aliphatic rings. The van der Waals surface area contributed by atoms with E-state index >= 15 is 0 Å². The number of hydrogen-bond acceptors (Lipinski definition) is 3. The molecular weight excluding hydrogens is 286 g/mol. The second-order valence-corrected chi connectivity index (χ2v) is 5.62. The minimum Gasteiger partial charge on any atom is -0.389 e. The summed E-state index contributed by atoms with van der Waals surface area (Å²) in [5.41, 5.74) is 2.48. The average Bonchev–Trinajstić information content (AvgIpc) is 2.57. The Labute approximate surface area is 138 Å². The maximum absolute atomic E-state index is 10.2. The zero-order chi connectivity index (χ0) is 16.3. The molecule has 0 aromatic heterocycles. The molecule has 0 saturated carbocycles. The zero-order valence-electron chi connectivity index (χ0n) is 13.5. The van der Waals surface area contributed by atoms with E-state index < -0.39 is 6.10 Å². The van der Waals surface area contributed by atoms with Gasteiger partial charge in [0.1, 0.15) is 0 Å². The van der Waals surface area contributed by atoms with Gasteiger partial charge < -0.3 is 9.84 Å². The van der Waals surface area contributed by atoms with E-state index in [9.17, 15) is 5.11 Å². The van der Waals surface area contributed by atoms with E-state index in [2.05, 4.69) is 35.7 Å². The lowest BCUT2D eigenvalue weighted by Gasteiger charge is -2.25. The van der Waals surface area contributed by atoms with Crippen LogP contribution in [0, 0.1) is 0 Å². The molecule has 2 rings (SSSR count). The van der Waals surface area contributed by atoms with E-state index in [1.807, 2.05) is 36.4 Å². The second kappa shape index (κ2) is 9.95. The SMILES string of the molecule is C=CCOC[C@H](O)CN(Cc1ccccc1)Cc1ccccc1. The fraction of sp³-hybridized carbons (Fsp3) is 0.300. The van der Waals surface area contributed by atoms with E-state index in [-0.39, 0.29) is 0 Å². The molecule has 23 heavy (non-hydrogen) atoms. The van der Waals surface area contributed by atoms with E-state index in [0.29, 0.717) is 19.8 Å². The number of nitrogens with zero attached hydrogens (tertiary/aromatic N) is 1. The molecular formula is C20H25NO2. The predicted octanol–water partition coefficient (Wildman–Crippen LogP) is 3.25. The Morgan fingerprint density at radius 1 is 0.957 bits per heavy atom. The fourth-order valence-corrected chi connectivity index (χ4v) is 2.51. The summed E-state index contributed by atoms with van der Waals surface area (Å²) in [7, 11) is 0. The highest BCUT2D eigenvalue weighted by Crippen LogP contribution is 2.11. The summed E-state index contributed by atoms with van der Waals surface area (Å²) < 4.78 is 5.35. The summed E-state index contributed by atoms with van der Waals surface area (Å²) in [5.74, 6) is 0. The molecule has 0 spiro atoms. The summed E-state index contributed by atoms with van der Waals surface area (Å²) in [6.45, 7) is 6.58. The number of hydrogen-bond donors (Lipinski definition) is 1. The number of rotatable bonds is 10. The molecule has 122 valence electrons. The van der Waals surface area contributed by atoms with Crippen LogP contribution in [0.5, 0.6) is 0 Å². The van der Waals surface area contributed by atoms with Crippen molar-refractivity contribution in [3.05, 3.63) is 84.4 Å². The van der Waals surface area contributed by atoms with Crippen molar-refractivity contribution in [2.24, 2.45) is 0 Å². The Balaban J connectivity index is 1.97. The van der Waals surface area contributed by atoms with Crippen LogP contribution in [0.25, 0.3) is 0 Å². The van der Waals surface area contributed by atoms with Crippen LogP contribution in [0.1, 0.15) is 11.1 Å². The van der Waals surface area contributed by atoms with Crippen LogP contribution in [0.3, 0.4) is 0 Å². The lowest BCUT2D eigenvalue weighted by atomic mass is 10.1. The smallest absolute Gasteiger partial charge is 0.0900 e. The van der Waals surface area contributed by atoms with Crippen LogP contribution in [0.4, 0.5) is 0 Å². The molecule has 3 heteroatoms. The van der Waals surface area contributed by atoms with Gasteiger partial charge in [-0.3, -0.25) is 4.90 Å². The van der Waals surface area contributed by atoms with E-state index in [1.165, 1.54) is 11.1 Å². The molecule has 2 aromatic carbocycles. The second-order valence-electron chi connectivity index (χ2n) is 5.62. The van der Waals surface area contributed by atoms with Crippen molar-refractivity contribution >= 4 is 0 Å². The first-order valence-corrected chi connectivity index (χ1v) is 7.95. The molecule has 1 atom stereocenters. The molecule has 0 heterocycles. The minimum absolute atomic E-state index is 0.325. The summed E-state index contributed by atoms with van der Waals surface area (Å²) in [5, 5.41) is 10.2. The predicted molar refractivity (Wildman–Crippen MR) is 94.0 cm³/mol. The largest absolute Gasteiger partial charge is 0.389 e. The van der Waals surface area contributed by atoms with Gasteiger partial charge in [-0.2, -0.15) is 0 Å². The first-order chi connectivity index (χ1) is 11.3.